The van der Waals surface area contributed by atoms with Crippen LogP contribution in [0.5, 0.6) is 0 Å². The Hall–Kier alpha value is -1.38. The third-order valence-electron chi connectivity index (χ3n) is 2.19. The number of halogens is 2. The largest absolute Gasteiger partial charge is 0.480 e. The minimum Gasteiger partial charge on any atom is -0.480 e. The molecule has 0 aliphatic rings. The van der Waals surface area contributed by atoms with Gasteiger partial charge >= 0.3 is 12.0 Å². The van der Waals surface area contributed by atoms with Crippen LogP contribution in [0.1, 0.15) is 13.3 Å². The molecule has 1 aromatic carbocycles. The van der Waals surface area contributed by atoms with Crippen molar-refractivity contribution in [2.75, 3.05) is 5.32 Å². The van der Waals surface area contributed by atoms with Gasteiger partial charge in [-0.3, -0.25) is 0 Å². The van der Waals surface area contributed by atoms with Crippen LogP contribution < -0.4 is 10.6 Å². The van der Waals surface area contributed by atoms with Gasteiger partial charge in [0.1, 0.15) is 11.9 Å². The molecule has 0 aliphatic carbocycles. The van der Waals surface area contributed by atoms with Gasteiger partial charge in [-0.15, -0.1) is 0 Å². The Bertz CT molecular complexity index is 468. The molecule has 0 radical (unpaired) electrons. The lowest BCUT2D eigenvalue weighted by atomic mass is 10.2. The second kappa shape index (κ2) is 6.53. The SMILES string of the molecule is CC[C@@H](NC(=O)Nc1ccc(F)cc1I)C(=O)O. The molecular weight excluding hydrogens is 354 g/mol. The first-order valence-corrected chi connectivity index (χ1v) is 6.27. The average Bonchev–Trinajstić information content (AvgIpc) is 2.29. The Morgan fingerprint density at radius 3 is 2.67 bits per heavy atom. The van der Waals surface area contributed by atoms with E-state index in [4.69, 9.17) is 5.11 Å². The topological polar surface area (TPSA) is 78.4 Å². The predicted molar refractivity (Wildman–Crippen MR) is 73.0 cm³/mol. The molecule has 0 aromatic heterocycles. The van der Waals surface area contributed by atoms with Crippen molar-refractivity contribution in [2.24, 2.45) is 0 Å². The number of carboxylic acids is 1. The number of carbonyl (C=O) groups is 2. The summed E-state index contributed by atoms with van der Waals surface area (Å²) in [4.78, 5) is 22.3. The summed E-state index contributed by atoms with van der Waals surface area (Å²) in [7, 11) is 0. The fourth-order valence-corrected chi connectivity index (χ4v) is 1.86. The van der Waals surface area contributed by atoms with Crippen molar-refractivity contribution in [1.29, 1.82) is 0 Å². The van der Waals surface area contributed by atoms with E-state index < -0.39 is 23.9 Å². The summed E-state index contributed by atoms with van der Waals surface area (Å²) >= 11 is 1.88. The molecule has 1 rings (SSSR count). The number of carbonyl (C=O) groups excluding carboxylic acids is 1. The third kappa shape index (κ3) is 4.13. The molecule has 98 valence electrons. The number of benzene rings is 1. The zero-order valence-corrected chi connectivity index (χ0v) is 11.7. The summed E-state index contributed by atoms with van der Waals surface area (Å²) in [5, 5.41) is 13.6. The van der Waals surface area contributed by atoms with Crippen molar-refractivity contribution in [2.45, 2.75) is 19.4 Å². The molecule has 0 saturated heterocycles. The predicted octanol–water partition coefficient (Wildman–Crippen LogP) is 2.42. The van der Waals surface area contributed by atoms with E-state index >= 15 is 0 Å². The fraction of sp³-hybridized carbons (Fsp3) is 0.273. The van der Waals surface area contributed by atoms with Gasteiger partial charge in [0, 0.05) is 3.57 Å². The highest BCUT2D eigenvalue weighted by Crippen LogP contribution is 2.18. The van der Waals surface area contributed by atoms with Crippen LogP contribution in [0.3, 0.4) is 0 Å². The maximum Gasteiger partial charge on any atom is 0.326 e. The van der Waals surface area contributed by atoms with E-state index in [0.717, 1.165) is 0 Å². The van der Waals surface area contributed by atoms with E-state index in [1.54, 1.807) is 6.92 Å². The highest BCUT2D eigenvalue weighted by atomic mass is 127. The maximum atomic E-state index is 12.8. The zero-order valence-electron chi connectivity index (χ0n) is 9.54. The quantitative estimate of drug-likeness (QED) is 0.717. The standard InChI is InChI=1S/C11H12FIN2O3/c1-2-8(10(16)17)14-11(18)15-9-4-3-6(12)5-7(9)13/h3-5,8H,2H2,1H3,(H,16,17)(H2,14,15,18)/t8-/m1/s1. The van der Waals surface area contributed by atoms with Crippen molar-refractivity contribution in [1.82, 2.24) is 5.32 Å². The molecule has 5 nitrogen and oxygen atoms in total. The zero-order chi connectivity index (χ0) is 13.7. The van der Waals surface area contributed by atoms with E-state index in [1.165, 1.54) is 18.2 Å². The van der Waals surface area contributed by atoms with Gasteiger partial charge in [0.15, 0.2) is 0 Å². The summed E-state index contributed by atoms with van der Waals surface area (Å²) in [6, 6.07) is 2.33. The molecule has 1 aromatic rings. The number of amides is 2. The molecular formula is C11H12FIN2O3. The summed E-state index contributed by atoms with van der Waals surface area (Å²) in [5.74, 6) is -1.50. The Labute approximate surface area is 117 Å². The second-order valence-corrected chi connectivity index (χ2v) is 4.68. The number of hydrogen-bond acceptors (Lipinski definition) is 2. The number of anilines is 1. The first-order valence-electron chi connectivity index (χ1n) is 5.19. The van der Waals surface area contributed by atoms with Crippen molar-refractivity contribution >= 4 is 40.3 Å². The molecule has 0 aliphatic heterocycles. The lowest BCUT2D eigenvalue weighted by molar-refractivity contribution is -0.139. The third-order valence-corrected chi connectivity index (χ3v) is 3.08. The normalized spacial score (nSPS) is 11.7. The van der Waals surface area contributed by atoms with Crippen LogP contribution in [0.25, 0.3) is 0 Å². The van der Waals surface area contributed by atoms with E-state index in [9.17, 15) is 14.0 Å². The van der Waals surface area contributed by atoms with Gasteiger partial charge in [0.2, 0.25) is 0 Å². The fourth-order valence-electron chi connectivity index (χ4n) is 1.25. The monoisotopic (exact) mass is 366 g/mol. The van der Waals surface area contributed by atoms with Gasteiger partial charge < -0.3 is 15.7 Å². The Balaban J connectivity index is 2.67. The number of carboxylic acid groups (broad SMARTS) is 1. The highest BCUT2D eigenvalue weighted by Gasteiger charge is 2.17. The Kier molecular flexibility index (Phi) is 5.32. The van der Waals surface area contributed by atoms with Gasteiger partial charge in [-0.05, 0) is 47.2 Å². The van der Waals surface area contributed by atoms with Crippen molar-refractivity contribution in [3.8, 4) is 0 Å². The molecule has 0 spiro atoms. The molecule has 0 saturated carbocycles. The van der Waals surface area contributed by atoms with Gasteiger partial charge in [-0.25, -0.2) is 14.0 Å². The molecule has 3 N–H and O–H groups in total. The number of nitrogens with one attached hydrogen (secondary N) is 2. The summed E-state index contributed by atoms with van der Waals surface area (Å²) in [6.07, 6.45) is 0.281. The number of urea groups is 1. The number of hydrogen-bond donors (Lipinski definition) is 3. The summed E-state index contributed by atoms with van der Waals surface area (Å²) in [5.41, 5.74) is 0.426. The Morgan fingerprint density at radius 2 is 2.17 bits per heavy atom. The number of aliphatic carboxylic acids is 1. The van der Waals surface area contributed by atoms with Crippen LogP contribution in [0.2, 0.25) is 0 Å². The van der Waals surface area contributed by atoms with Gasteiger partial charge in [-0.1, -0.05) is 6.92 Å². The first-order chi connectivity index (χ1) is 8.43. The van der Waals surface area contributed by atoms with Crippen molar-refractivity contribution in [3.63, 3.8) is 0 Å². The van der Waals surface area contributed by atoms with Crippen LogP contribution in [0.15, 0.2) is 18.2 Å². The van der Waals surface area contributed by atoms with E-state index in [2.05, 4.69) is 10.6 Å². The summed E-state index contributed by atoms with van der Waals surface area (Å²) < 4.78 is 13.4. The van der Waals surface area contributed by atoms with E-state index in [-0.39, 0.29) is 6.42 Å². The molecule has 0 fully saturated rings. The lowest BCUT2D eigenvalue weighted by Gasteiger charge is -2.13. The van der Waals surface area contributed by atoms with Crippen LogP contribution in [-0.2, 0) is 4.79 Å². The van der Waals surface area contributed by atoms with Gasteiger partial charge in [0.25, 0.3) is 0 Å². The van der Waals surface area contributed by atoms with Crippen molar-refractivity contribution in [3.05, 3.63) is 27.6 Å². The summed E-state index contributed by atoms with van der Waals surface area (Å²) in [6.45, 7) is 1.65. The minimum atomic E-state index is -1.10. The molecule has 2 amide bonds. The smallest absolute Gasteiger partial charge is 0.326 e. The molecule has 0 bridgehead atoms. The minimum absolute atomic E-state index is 0.281. The molecule has 7 heteroatoms. The van der Waals surface area contributed by atoms with Gasteiger partial charge in [0.05, 0.1) is 5.69 Å². The van der Waals surface area contributed by atoms with Crippen LogP contribution in [-0.4, -0.2) is 23.1 Å². The van der Waals surface area contributed by atoms with Crippen LogP contribution >= 0.6 is 22.6 Å². The molecule has 0 heterocycles. The van der Waals surface area contributed by atoms with E-state index in [0.29, 0.717) is 9.26 Å². The number of rotatable bonds is 4. The average molecular weight is 366 g/mol. The lowest BCUT2D eigenvalue weighted by Crippen LogP contribution is -2.42. The van der Waals surface area contributed by atoms with Crippen molar-refractivity contribution < 1.29 is 19.1 Å². The molecule has 1 atom stereocenters. The highest BCUT2D eigenvalue weighted by molar-refractivity contribution is 14.1. The molecule has 0 unspecified atom stereocenters. The second-order valence-electron chi connectivity index (χ2n) is 3.52. The Morgan fingerprint density at radius 1 is 1.50 bits per heavy atom. The van der Waals surface area contributed by atoms with E-state index in [1.807, 2.05) is 22.6 Å². The van der Waals surface area contributed by atoms with Crippen LogP contribution in [0, 0.1) is 9.39 Å². The first kappa shape index (κ1) is 14.7. The maximum absolute atomic E-state index is 12.8. The molecule has 18 heavy (non-hydrogen) atoms. The van der Waals surface area contributed by atoms with Crippen LogP contribution in [0.4, 0.5) is 14.9 Å². The van der Waals surface area contributed by atoms with Gasteiger partial charge in [-0.2, -0.15) is 0 Å².